The summed E-state index contributed by atoms with van der Waals surface area (Å²) in [4.78, 5) is 27.1. The molecular weight excluding hydrogens is 424 g/mol. The van der Waals surface area contributed by atoms with Crippen molar-refractivity contribution in [2.75, 3.05) is 18.0 Å². The SMILES string of the molecule is CCc1ccc(-n2nc(N3CCC(C(=O)NCc4ccc(Cl)cc4)CC3)ccc2=O)cc1. The van der Waals surface area contributed by atoms with E-state index in [4.69, 9.17) is 11.6 Å². The van der Waals surface area contributed by atoms with Crippen molar-refractivity contribution in [1.82, 2.24) is 15.1 Å². The summed E-state index contributed by atoms with van der Waals surface area (Å²) in [6, 6.07) is 18.7. The van der Waals surface area contributed by atoms with E-state index in [0.29, 0.717) is 11.6 Å². The van der Waals surface area contributed by atoms with Crippen LogP contribution >= 0.6 is 11.6 Å². The van der Waals surface area contributed by atoms with Crippen molar-refractivity contribution in [2.45, 2.75) is 32.7 Å². The Balaban J connectivity index is 1.36. The number of hydrogen-bond donors (Lipinski definition) is 1. The summed E-state index contributed by atoms with van der Waals surface area (Å²) in [5, 5.41) is 8.31. The predicted molar refractivity (Wildman–Crippen MR) is 127 cm³/mol. The molecule has 2 aromatic carbocycles. The average molecular weight is 451 g/mol. The standard InChI is InChI=1S/C25H27ClN4O2/c1-2-18-5-9-22(10-6-18)30-24(31)12-11-23(28-30)29-15-13-20(14-16-29)25(32)27-17-19-3-7-21(26)8-4-19/h3-12,20H,2,13-17H2,1H3,(H,27,32). The second-order valence-electron chi connectivity index (χ2n) is 8.07. The molecule has 0 saturated carbocycles. The van der Waals surface area contributed by atoms with Crippen LogP contribution < -0.4 is 15.8 Å². The Bertz CT molecular complexity index is 1120. The summed E-state index contributed by atoms with van der Waals surface area (Å²) in [6.07, 6.45) is 2.45. The molecule has 0 unspecified atom stereocenters. The van der Waals surface area contributed by atoms with Gasteiger partial charge in [-0.15, -0.1) is 5.10 Å². The first-order valence-electron chi connectivity index (χ1n) is 11.0. The molecule has 166 valence electrons. The minimum atomic E-state index is -0.158. The van der Waals surface area contributed by atoms with Gasteiger partial charge < -0.3 is 10.2 Å². The fourth-order valence-corrected chi connectivity index (χ4v) is 4.06. The van der Waals surface area contributed by atoms with Gasteiger partial charge in [-0.05, 0) is 60.7 Å². The van der Waals surface area contributed by atoms with Crippen molar-refractivity contribution in [3.63, 3.8) is 0 Å². The number of halogens is 1. The lowest BCUT2D eigenvalue weighted by atomic mass is 9.96. The zero-order valence-corrected chi connectivity index (χ0v) is 18.9. The molecule has 3 aromatic rings. The highest BCUT2D eigenvalue weighted by molar-refractivity contribution is 6.30. The molecule has 0 aliphatic carbocycles. The Morgan fingerprint density at radius 1 is 1.00 bits per heavy atom. The maximum absolute atomic E-state index is 12.6. The number of nitrogens with one attached hydrogen (secondary N) is 1. The van der Waals surface area contributed by atoms with E-state index in [9.17, 15) is 9.59 Å². The van der Waals surface area contributed by atoms with Crippen molar-refractivity contribution < 1.29 is 4.79 Å². The van der Waals surface area contributed by atoms with Crippen molar-refractivity contribution in [3.8, 4) is 5.69 Å². The molecule has 2 heterocycles. The van der Waals surface area contributed by atoms with Crippen LogP contribution in [0.15, 0.2) is 65.5 Å². The molecule has 1 N–H and O–H groups in total. The minimum Gasteiger partial charge on any atom is -0.355 e. The minimum absolute atomic E-state index is 0.0222. The molecule has 0 atom stereocenters. The van der Waals surface area contributed by atoms with E-state index in [1.54, 1.807) is 12.1 Å². The van der Waals surface area contributed by atoms with E-state index < -0.39 is 0 Å². The van der Waals surface area contributed by atoms with Gasteiger partial charge >= 0.3 is 0 Å². The number of carbonyl (C=O) groups excluding carboxylic acids is 1. The van der Waals surface area contributed by atoms with Crippen LogP contribution in [-0.2, 0) is 17.8 Å². The molecule has 1 amide bonds. The van der Waals surface area contributed by atoms with E-state index >= 15 is 0 Å². The number of anilines is 1. The summed E-state index contributed by atoms with van der Waals surface area (Å²) in [5.74, 6) is 0.809. The Hall–Kier alpha value is -3.12. The Morgan fingerprint density at radius 2 is 1.66 bits per heavy atom. The first-order valence-corrected chi connectivity index (χ1v) is 11.4. The highest BCUT2D eigenvalue weighted by atomic mass is 35.5. The number of aromatic nitrogens is 2. The smallest absolute Gasteiger partial charge is 0.271 e. The van der Waals surface area contributed by atoms with Gasteiger partial charge in [0, 0.05) is 36.6 Å². The molecule has 6 nitrogen and oxygen atoms in total. The topological polar surface area (TPSA) is 67.2 Å². The molecular formula is C25H27ClN4O2. The molecule has 4 rings (SSSR count). The molecule has 7 heteroatoms. The van der Waals surface area contributed by atoms with Crippen LogP contribution in [0.25, 0.3) is 5.69 Å². The number of aryl methyl sites for hydroxylation is 1. The third-order valence-corrected chi connectivity index (χ3v) is 6.20. The number of amides is 1. The second-order valence-corrected chi connectivity index (χ2v) is 8.50. The van der Waals surface area contributed by atoms with Crippen molar-refractivity contribution in [1.29, 1.82) is 0 Å². The lowest BCUT2D eigenvalue weighted by Gasteiger charge is -2.32. The van der Waals surface area contributed by atoms with Crippen LogP contribution in [0.1, 0.15) is 30.9 Å². The van der Waals surface area contributed by atoms with Gasteiger partial charge in [0.1, 0.15) is 5.82 Å². The number of rotatable bonds is 6. The Kier molecular flexibility index (Phi) is 6.90. The summed E-state index contributed by atoms with van der Waals surface area (Å²) in [5.41, 5.74) is 2.84. The van der Waals surface area contributed by atoms with Crippen LogP contribution in [-0.4, -0.2) is 28.8 Å². The third kappa shape index (κ3) is 5.19. The van der Waals surface area contributed by atoms with Crippen LogP contribution in [0, 0.1) is 5.92 Å². The maximum Gasteiger partial charge on any atom is 0.271 e. The average Bonchev–Trinajstić information content (AvgIpc) is 2.84. The molecule has 0 radical (unpaired) electrons. The lowest BCUT2D eigenvalue weighted by Crippen LogP contribution is -2.41. The highest BCUT2D eigenvalue weighted by Gasteiger charge is 2.25. The number of hydrogen-bond acceptors (Lipinski definition) is 4. The Labute approximate surface area is 192 Å². The molecule has 1 aliphatic heterocycles. The van der Waals surface area contributed by atoms with Crippen LogP contribution in [0.3, 0.4) is 0 Å². The van der Waals surface area contributed by atoms with E-state index in [1.165, 1.54) is 10.2 Å². The van der Waals surface area contributed by atoms with Crippen LogP contribution in [0.5, 0.6) is 0 Å². The quantitative estimate of drug-likeness (QED) is 0.616. The molecule has 1 fully saturated rings. The van der Waals surface area contributed by atoms with E-state index in [2.05, 4.69) is 22.2 Å². The van der Waals surface area contributed by atoms with Crippen molar-refractivity contribution in [3.05, 3.63) is 87.2 Å². The summed E-state index contributed by atoms with van der Waals surface area (Å²) in [6.45, 7) is 4.04. The number of nitrogens with zero attached hydrogens (tertiary/aromatic N) is 3. The first-order chi connectivity index (χ1) is 15.5. The maximum atomic E-state index is 12.6. The van der Waals surface area contributed by atoms with E-state index in [0.717, 1.165) is 49.4 Å². The monoisotopic (exact) mass is 450 g/mol. The Morgan fingerprint density at radius 3 is 2.31 bits per heavy atom. The van der Waals surface area contributed by atoms with Gasteiger partial charge in [-0.3, -0.25) is 9.59 Å². The van der Waals surface area contributed by atoms with Crippen molar-refractivity contribution >= 4 is 23.3 Å². The zero-order valence-electron chi connectivity index (χ0n) is 18.1. The van der Waals surface area contributed by atoms with Gasteiger partial charge in [0.2, 0.25) is 5.91 Å². The second kappa shape index (κ2) is 10.0. The van der Waals surface area contributed by atoms with E-state index in [1.807, 2.05) is 48.5 Å². The van der Waals surface area contributed by atoms with Gasteiger partial charge in [0.25, 0.3) is 5.56 Å². The molecule has 1 saturated heterocycles. The largest absolute Gasteiger partial charge is 0.355 e. The summed E-state index contributed by atoms with van der Waals surface area (Å²) < 4.78 is 1.44. The normalized spacial score (nSPS) is 14.4. The lowest BCUT2D eigenvalue weighted by molar-refractivity contribution is -0.125. The third-order valence-electron chi connectivity index (χ3n) is 5.95. The number of carbonyl (C=O) groups is 1. The van der Waals surface area contributed by atoms with E-state index in [-0.39, 0.29) is 17.4 Å². The first kappa shape index (κ1) is 22.1. The fourth-order valence-electron chi connectivity index (χ4n) is 3.93. The highest BCUT2D eigenvalue weighted by Crippen LogP contribution is 2.22. The van der Waals surface area contributed by atoms with Gasteiger partial charge in [0.05, 0.1) is 5.69 Å². The van der Waals surface area contributed by atoms with Crippen molar-refractivity contribution in [2.24, 2.45) is 5.92 Å². The predicted octanol–water partition coefficient (Wildman–Crippen LogP) is 3.98. The molecule has 1 aromatic heterocycles. The zero-order chi connectivity index (χ0) is 22.5. The molecule has 1 aliphatic rings. The van der Waals surface area contributed by atoms with Crippen LogP contribution in [0.4, 0.5) is 5.82 Å². The summed E-state index contributed by atoms with van der Waals surface area (Å²) >= 11 is 5.91. The molecule has 0 spiro atoms. The molecule has 32 heavy (non-hydrogen) atoms. The van der Waals surface area contributed by atoms with Gasteiger partial charge in [-0.25, -0.2) is 0 Å². The van der Waals surface area contributed by atoms with Crippen LogP contribution in [0.2, 0.25) is 5.02 Å². The molecule has 0 bridgehead atoms. The summed E-state index contributed by atoms with van der Waals surface area (Å²) in [7, 11) is 0. The fraction of sp³-hybridized carbons (Fsp3) is 0.320. The van der Waals surface area contributed by atoms with Gasteiger partial charge in [-0.2, -0.15) is 4.68 Å². The number of piperidine rings is 1. The van der Waals surface area contributed by atoms with Gasteiger partial charge in [0.15, 0.2) is 0 Å². The number of benzene rings is 2. The van der Waals surface area contributed by atoms with Gasteiger partial charge in [-0.1, -0.05) is 42.8 Å².